The van der Waals surface area contributed by atoms with Gasteiger partial charge in [-0.1, -0.05) is 31.2 Å². The minimum Gasteiger partial charge on any atom is -0.468 e. The minimum atomic E-state index is -0.525. The van der Waals surface area contributed by atoms with Crippen LogP contribution in [0.5, 0.6) is 0 Å². The molecule has 0 aromatic heterocycles. The predicted molar refractivity (Wildman–Crippen MR) is 109 cm³/mol. The van der Waals surface area contributed by atoms with E-state index in [-0.39, 0.29) is 29.1 Å². The first-order chi connectivity index (χ1) is 13.4. The quantitative estimate of drug-likeness (QED) is 0.438. The molecular weight excluding hydrogens is 379 g/mol. The van der Waals surface area contributed by atoms with Gasteiger partial charge in [0.25, 0.3) is 5.91 Å². The lowest BCUT2D eigenvalue weighted by atomic mass is 10.1. The van der Waals surface area contributed by atoms with Crippen molar-refractivity contribution in [1.29, 1.82) is 0 Å². The van der Waals surface area contributed by atoms with Crippen molar-refractivity contribution in [3.05, 3.63) is 71.2 Å². The summed E-state index contributed by atoms with van der Waals surface area (Å²) in [4.78, 5) is 27.8. The molecule has 0 aliphatic carbocycles. The molecule has 1 amide bonds. The van der Waals surface area contributed by atoms with Crippen LogP contribution in [0.4, 0.5) is 10.1 Å². The molecule has 0 radical (unpaired) electrons. The van der Waals surface area contributed by atoms with E-state index in [0.29, 0.717) is 11.3 Å². The number of hydrogen-bond donors (Lipinski definition) is 0. The Hall–Kier alpha value is -3.06. The normalized spacial score (nSPS) is 15.5. The summed E-state index contributed by atoms with van der Waals surface area (Å²) in [5.74, 6) is -1.26. The van der Waals surface area contributed by atoms with Crippen LogP contribution in [0.15, 0.2) is 54.2 Å². The number of amides is 1. The summed E-state index contributed by atoms with van der Waals surface area (Å²) >= 11 is 5.49. The van der Waals surface area contributed by atoms with Gasteiger partial charge >= 0.3 is 5.97 Å². The molecule has 1 heterocycles. The molecule has 5 nitrogen and oxygen atoms in total. The molecule has 1 aliphatic heterocycles. The van der Waals surface area contributed by atoms with Crippen LogP contribution in [-0.4, -0.2) is 35.5 Å². The average molecular weight is 398 g/mol. The van der Waals surface area contributed by atoms with E-state index < -0.39 is 5.97 Å². The molecule has 144 valence electrons. The van der Waals surface area contributed by atoms with Gasteiger partial charge in [-0.3, -0.25) is 14.5 Å². The molecule has 2 aromatic carbocycles. The van der Waals surface area contributed by atoms with Crippen LogP contribution in [0.25, 0.3) is 6.08 Å². The molecule has 1 aliphatic rings. The van der Waals surface area contributed by atoms with Gasteiger partial charge < -0.3 is 9.64 Å². The maximum atomic E-state index is 13.2. The van der Waals surface area contributed by atoms with E-state index in [0.717, 1.165) is 12.0 Å². The number of thiocarbonyl (C=S) groups is 1. The lowest BCUT2D eigenvalue weighted by Crippen LogP contribution is -2.35. The Morgan fingerprint density at radius 3 is 2.36 bits per heavy atom. The number of nitrogens with zero attached hydrogens (tertiary/aromatic N) is 2. The summed E-state index contributed by atoms with van der Waals surface area (Å²) in [5.41, 5.74) is 2.59. The third kappa shape index (κ3) is 3.94. The van der Waals surface area contributed by atoms with Crippen molar-refractivity contribution in [2.75, 3.05) is 18.6 Å². The Labute approximate surface area is 168 Å². The maximum absolute atomic E-state index is 13.2. The van der Waals surface area contributed by atoms with E-state index in [1.54, 1.807) is 18.2 Å². The highest BCUT2D eigenvalue weighted by atomic mass is 32.1. The van der Waals surface area contributed by atoms with Crippen LogP contribution in [0, 0.1) is 5.82 Å². The number of esters is 1. The van der Waals surface area contributed by atoms with E-state index in [2.05, 4.69) is 0 Å². The molecule has 7 heteroatoms. The molecule has 1 saturated heterocycles. The summed E-state index contributed by atoms with van der Waals surface area (Å²) < 4.78 is 17.9. The summed E-state index contributed by atoms with van der Waals surface area (Å²) in [6, 6.07) is 13.2. The highest BCUT2D eigenvalue weighted by Crippen LogP contribution is 2.29. The van der Waals surface area contributed by atoms with Crippen LogP contribution in [0.3, 0.4) is 0 Å². The van der Waals surface area contributed by atoms with Gasteiger partial charge in [0.15, 0.2) is 5.11 Å². The highest BCUT2D eigenvalue weighted by molar-refractivity contribution is 7.80. The third-order valence-electron chi connectivity index (χ3n) is 4.43. The fraction of sp³-hybridized carbons (Fsp3) is 0.190. The lowest BCUT2D eigenvalue weighted by Gasteiger charge is -2.19. The van der Waals surface area contributed by atoms with Crippen molar-refractivity contribution >= 4 is 41.0 Å². The summed E-state index contributed by atoms with van der Waals surface area (Å²) in [7, 11) is 1.27. The van der Waals surface area contributed by atoms with E-state index in [4.69, 9.17) is 17.0 Å². The summed E-state index contributed by atoms with van der Waals surface area (Å²) in [5, 5.41) is 0.188. The maximum Gasteiger partial charge on any atom is 0.325 e. The van der Waals surface area contributed by atoms with Crippen molar-refractivity contribution in [1.82, 2.24) is 4.90 Å². The monoisotopic (exact) mass is 398 g/mol. The molecule has 0 bridgehead atoms. The number of benzene rings is 2. The molecule has 0 saturated carbocycles. The number of methoxy groups -OCH3 is 1. The van der Waals surface area contributed by atoms with Gasteiger partial charge in [0.1, 0.15) is 18.1 Å². The fourth-order valence-electron chi connectivity index (χ4n) is 2.85. The Bertz CT molecular complexity index is 939. The van der Waals surface area contributed by atoms with Crippen molar-refractivity contribution in [2.45, 2.75) is 13.3 Å². The second-order valence-corrected chi connectivity index (χ2v) is 6.55. The van der Waals surface area contributed by atoms with Crippen LogP contribution in [0.2, 0.25) is 0 Å². The minimum absolute atomic E-state index is 0.188. The average Bonchev–Trinajstić information content (AvgIpc) is 2.93. The van der Waals surface area contributed by atoms with Gasteiger partial charge in [0.05, 0.1) is 12.8 Å². The first kappa shape index (κ1) is 19.7. The molecule has 3 rings (SSSR count). The van der Waals surface area contributed by atoms with Crippen LogP contribution in [-0.2, 0) is 20.7 Å². The Kier molecular flexibility index (Phi) is 5.84. The number of rotatable bonds is 5. The number of anilines is 1. The van der Waals surface area contributed by atoms with Crippen molar-refractivity contribution in [3.63, 3.8) is 0 Å². The first-order valence-electron chi connectivity index (χ1n) is 8.73. The standard InChI is InChI=1S/C21H19FN2O3S/c1-3-14-6-10-17(11-7-14)24-20(26)18(12-15-4-8-16(22)9-5-15)23(21(24)28)13-19(25)27-2/h4-12H,3,13H2,1-2H3/b18-12-. The predicted octanol–water partition coefficient (Wildman–Crippen LogP) is 3.54. The molecule has 28 heavy (non-hydrogen) atoms. The molecule has 1 fully saturated rings. The van der Waals surface area contributed by atoms with Gasteiger partial charge in [0, 0.05) is 0 Å². The topological polar surface area (TPSA) is 49.9 Å². The van der Waals surface area contributed by atoms with Gasteiger partial charge in [-0.2, -0.15) is 0 Å². The van der Waals surface area contributed by atoms with Gasteiger partial charge in [-0.25, -0.2) is 4.39 Å². The zero-order chi connectivity index (χ0) is 20.3. The third-order valence-corrected chi connectivity index (χ3v) is 4.83. The van der Waals surface area contributed by atoms with Crippen molar-refractivity contribution in [3.8, 4) is 0 Å². The highest BCUT2D eigenvalue weighted by Gasteiger charge is 2.40. The number of halogens is 1. The molecular formula is C21H19FN2O3S. The summed E-state index contributed by atoms with van der Waals surface area (Å²) in [6.07, 6.45) is 2.46. The number of aryl methyl sites for hydroxylation is 1. The SMILES string of the molecule is CCc1ccc(N2C(=O)/C(=C/c3ccc(F)cc3)N(CC(=O)OC)C2=S)cc1. The zero-order valence-electron chi connectivity index (χ0n) is 15.5. The smallest absolute Gasteiger partial charge is 0.325 e. The molecule has 0 atom stereocenters. The molecule has 2 aromatic rings. The van der Waals surface area contributed by atoms with Gasteiger partial charge in [-0.05, 0) is 60.1 Å². The van der Waals surface area contributed by atoms with Crippen molar-refractivity contribution in [2.24, 2.45) is 0 Å². The largest absolute Gasteiger partial charge is 0.468 e. The number of ether oxygens (including phenoxy) is 1. The fourth-order valence-corrected chi connectivity index (χ4v) is 3.20. The van der Waals surface area contributed by atoms with E-state index in [1.807, 2.05) is 31.2 Å². The van der Waals surface area contributed by atoms with E-state index in [9.17, 15) is 14.0 Å². The van der Waals surface area contributed by atoms with E-state index >= 15 is 0 Å². The Balaban J connectivity index is 2.01. The van der Waals surface area contributed by atoms with Gasteiger partial charge in [-0.15, -0.1) is 0 Å². The lowest BCUT2D eigenvalue weighted by molar-refractivity contribution is -0.140. The Morgan fingerprint density at radius 2 is 1.79 bits per heavy atom. The number of hydrogen-bond acceptors (Lipinski definition) is 4. The molecule has 0 spiro atoms. The van der Waals surface area contributed by atoms with Gasteiger partial charge in [0.2, 0.25) is 0 Å². The van der Waals surface area contributed by atoms with Crippen LogP contribution < -0.4 is 4.90 Å². The number of carbonyl (C=O) groups is 2. The second-order valence-electron chi connectivity index (χ2n) is 6.19. The molecule has 0 N–H and O–H groups in total. The van der Waals surface area contributed by atoms with Crippen LogP contribution in [0.1, 0.15) is 18.1 Å². The number of carbonyl (C=O) groups excluding carboxylic acids is 2. The second kappa shape index (κ2) is 8.31. The molecule has 0 unspecified atom stereocenters. The van der Waals surface area contributed by atoms with Crippen LogP contribution >= 0.6 is 12.2 Å². The zero-order valence-corrected chi connectivity index (χ0v) is 16.3. The van der Waals surface area contributed by atoms with E-state index in [1.165, 1.54) is 29.0 Å². The first-order valence-corrected chi connectivity index (χ1v) is 9.14. The Morgan fingerprint density at radius 1 is 1.14 bits per heavy atom. The summed E-state index contributed by atoms with van der Waals surface area (Å²) in [6.45, 7) is 1.85. The van der Waals surface area contributed by atoms with Crippen molar-refractivity contribution < 1.29 is 18.7 Å².